The number of piperidine rings is 1. The zero-order valence-electron chi connectivity index (χ0n) is 14.9. The number of carbonyl (C=O) groups is 1. The Morgan fingerprint density at radius 3 is 2.31 bits per heavy atom. The van der Waals surface area contributed by atoms with Gasteiger partial charge in [-0.2, -0.15) is 4.31 Å². The van der Waals surface area contributed by atoms with Crippen molar-refractivity contribution in [3.63, 3.8) is 0 Å². The fraction of sp³-hybridized carbons (Fsp3) is 0.588. The smallest absolute Gasteiger partial charge is 0.254 e. The molecule has 0 atom stereocenters. The van der Waals surface area contributed by atoms with Crippen LogP contribution in [0.3, 0.4) is 0 Å². The first-order chi connectivity index (χ1) is 12.0. The van der Waals surface area contributed by atoms with Crippen LogP contribution in [0.15, 0.2) is 29.2 Å². The van der Waals surface area contributed by atoms with Crippen molar-refractivity contribution < 1.29 is 17.9 Å². The molecule has 1 N–H and O–H groups in total. The Kier molecular flexibility index (Phi) is 7.42. The number of benzene rings is 1. The van der Waals surface area contributed by atoms with E-state index >= 15 is 0 Å². The molecule has 2 saturated heterocycles. The van der Waals surface area contributed by atoms with E-state index in [4.69, 9.17) is 4.74 Å². The number of hydrogen-bond acceptors (Lipinski definition) is 5. The Labute approximate surface area is 161 Å². The molecule has 7 nitrogen and oxygen atoms in total. The van der Waals surface area contributed by atoms with Crippen LogP contribution in [0, 0.1) is 0 Å². The minimum absolute atomic E-state index is 0. The van der Waals surface area contributed by atoms with Crippen LogP contribution in [0.2, 0.25) is 0 Å². The van der Waals surface area contributed by atoms with Gasteiger partial charge in [-0.1, -0.05) is 0 Å². The Hall–Kier alpha value is -1.19. The molecule has 0 radical (unpaired) electrons. The molecule has 0 bridgehead atoms. The molecule has 0 aliphatic carbocycles. The highest BCUT2D eigenvalue weighted by Gasteiger charge is 2.29. The summed E-state index contributed by atoms with van der Waals surface area (Å²) in [6, 6.07) is 6.27. The van der Waals surface area contributed by atoms with Gasteiger partial charge < -0.3 is 15.0 Å². The van der Waals surface area contributed by atoms with Gasteiger partial charge in [0.15, 0.2) is 0 Å². The van der Waals surface area contributed by atoms with E-state index in [1.807, 2.05) is 0 Å². The first-order valence-electron chi connectivity index (χ1n) is 8.66. The summed E-state index contributed by atoms with van der Waals surface area (Å²) < 4.78 is 32.3. The van der Waals surface area contributed by atoms with E-state index < -0.39 is 10.0 Å². The van der Waals surface area contributed by atoms with Crippen molar-refractivity contribution in [2.24, 2.45) is 0 Å². The number of nitrogens with one attached hydrogen (secondary N) is 1. The van der Waals surface area contributed by atoms with E-state index in [2.05, 4.69) is 5.32 Å². The molecule has 0 aromatic heterocycles. The van der Waals surface area contributed by atoms with Crippen LogP contribution in [0.25, 0.3) is 0 Å². The van der Waals surface area contributed by atoms with Gasteiger partial charge in [0.25, 0.3) is 5.91 Å². The molecule has 0 unspecified atom stereocenters. The third-order valence-electron chi connectivity index (χ3n) is 4.90. The molecule has 1 aromatic carbocycles. The van der Waals surface area contributed by atoms with Gasteiger partial charge in [0.05, 0.1) is 18.1 Å². The molecule has 2 heterocycles. The van der Waals surface area contributed by atoms with E-state index in [1.54, 1.807) is 24.1 Å². The van der Waals surface area contributed by atoms with Gasteiger partial charge in [0.2, 0.25) is 10.0 Å². The SMILES string of the molecule is CN(C1CCNCC1)S(=O)(=O)c1ccc(C(=O)N2CCOCC2)cc1.Cl. The number of rotatable bonds is 4. The average Bonchev–Trinajstić information content (AvgIpc) is 2.68. The van der Waals surface area contributed by atoms with Crippen LogP contribution < -0.4 is 5.32 Å². The summed E-state index contributed by atoms with van der Waals surface area (Å²) >= 11 is 0. The maximum atomic E-state index is 12.8. The maximum Gasteiger partial charge on any atom is 0.254 e. The molecule has 0 saturated carbocycles. The van der Waals surface area contributed by atoms with Crippen LogP contribution in [0.4, 0.5) is 0 Å². The van der Waals surface area contributed by atoms with Gasteiger partial charge >= 0.3 is 0 Å². The van der Waals surface area contributed by atoms with Crippen LogP contribution in [0.1, 0.15) is 23.2 Å². The number of sulfonamides is 1. The molecular formula is C17H26ClN3O4S. The fourth-order valence-electron chi connectivity index (χ4n) is 3.25. The number of morpholine rings is 1. The van der Waals surface area contributed by atoms with Gasteiger partial charge in [0, 0.05) is 31.7 Å². The Bertz CT molecular complexity index is 699. The number of halogens is 1. The minimum atomic E-state index is -3.55. The molecule has 1 aromatic rings. The summed E-state index contributed by atoms with van der Waals surface area (Å²) in [6.45, 7) is 3.88. The van der Waals surface area contributed by atoms with Crippen molar-refractivity contribution in [3.8, 4) is 0 Å². The zero-order chi connectivity index (χ0) is 17.9. The summed E-state index contributed by atoms with van der Waals surface area (Å²) in [5, 5.41) is 3.24. The summed E-state index contributed by atoms with van der Waals surface area (Å²) in [5.41, 5.74) is 0.505. The molecule has 0 spiro atoms. The molecule has 2 aliphatic heterocycles. The third kappa shape index (κ3) is 4.55. The molecule has 2 fully saturated rings. The lowest BCUT2D eigenvalue weighted by molar-refractivity contribution is 0.0303. The second-order valence-corrected chi connectivity index (χ2v) is 8.43. The molecule has 146 valence electrons. The van der Waals surface area contributed by atoms with E-state index in [1.165, 1.54) is 16.4 Å². The number of carbonyl (C=O) groups excluding carboxylic acids is 1. The van der Waals surface area contributed by atoms with Gasteiger partial charge in [-0.3, -0.25) is 4.79 Å². The Balaban J connectivity index is 0.00000243. The standard InChI is InChI=1S/C17H25N3O4S.ClH/c1-19(15-6-8-18-9-7-15)25(22,23)16-4-2-14(3-5-16)17(21)20-10-12-24-13-11-20;/h2-5,15,18H,6-13H2,1H3;1H. The Morgan fingerprint density at radius 2 is 1.73 bits per heavy atom. The van der Waals surface area contributed by atoms with Crippen LogP contribution in [0.5, 0.6) is 0 Å². The van der Waals surface area contributed by atoms with E-state index in [0.717, 1.165) is 25.9 Å². The normalized spacial score (nSPS) is 19.2. The van der Waals surface area contributed by atoms with Crippen molar-refractivity contribution >= 4 is 28.3 Å². The molecule has 2 aliphatic rings. The Morgan fingerprint density at radius 1 is 1.15 bits per heavy atom. The number of nitrogens with zero attached hydrogens (tertiary/aromatic N) is 2. The fourth-order valence-corrected chi connectivity index (χ4v) is 4.67. The van der Waals surface area contributed by atoms with Gasteiger partial charge in [-0.25, -0.2) is 8.42 Å². The molecule has 9 heteroatoms. The largest absolute Gasteiger partial charge is 0.378 e. The van der Waals surface area contributed by atoms with Gasteiger partial charge in [-0.05, 0) is 50.2 Å². The quantitative estimate of drug-likeness (QED) is 0.809. The molecule has 26 heavy (non-hydrogen) atoms. The van der Waals surface area contributed by atoms with Crippen molar-refractivity contribution in [3.05, 3.63) is 29.8 Å². The second kappa shape index (κ2) is 9.14. The van der Waals surface area contributed by atoms with E-state index in [-0.39, 0.29) is 29.3 Å². The first kappa shape index (κ1) is 21.1. The predicted octanol–water partition coefficient (Wildman–Crippen LogP) is 0.953. The minimum Gasteiger partial charge on any atom is -0.378 e. The van der Waals surface area contributed by atoms with Gasteiger partial charge in [-0.15, -0.1) is 12.4 Å². The van der Waals surface area contributed by atoms with Crippen molar-refractivity contribution in [2.45, 2.75) is 23.8 Å². The summed E-state index contributed by atoms with van der Waals surface area (Å²) in [6.07, 6.45) is 1.62. The lowest BCUT2D eigenvalue weighted by Gasteiger charge is -2.31. The lowest BCUT2D eigenvalue weighted by Crippen LogP contribution is -2.43. The number of amides is 1. The number of ether oxygens (including phenoxy) is 1. The van der Waals surface area contributed by atoms with Crippen LogP contribution in [-0.4, -0.2) is 76.0 Å². The molecule has 1 amide bonds. The highest BCUT2D eigenvalue weighted by atomic mass is 35.5. The van der Waals surface area contributed by atoms with Crippen LogP contribution >= 0.6 is 12.4 Å². The topological polar surface area (TPSA) is 79.0 Å². The summed E-state index contributed by atoms with van der Waals surface area (Å²) in [5.74, 6) is -0.0843. The lowest BCUT2D eigenvalue weighted by atomic mass is 10.1. The molecule has 3 rings (SSSR count). The number of hydrogen-bond donors (Lipinski definition) is 1. The molecular weight excluding hydrogens is 378 g/mol. The van der Waals surface area contributed by atoms with Gasteiger partial charge in [0.1, 0.15) is 0 Å². The first-order valence-corrected chi connectivity index (χ1v) is 10.1. The highest BCUT2D eigenvalue weighted by Crippen LogP contribution is 2.21. The maximum absolute atomic E-state index is 12.8. The van der Waals surface area contributed by atoms with Crippen LogP contribution in [-0.2, 0) is 14.8 Å². The van der Waals surface area contributed by atoms with Crippen molar-refractivity contribution in [2.75, 3.05) is 46.4 Å². The zero-order valence-corrected chi connectivity index (χ0v) is 16.5. The average molecular weight is 404 g/mol. The second-order valence-electron chi connectivity index (χ2n) is 6.43. The van der Waals surface area contributed by atoms with Crippen molar-refractivity contribution in [1.82, 2.24) is 14.5 Å². The van der Waals surface area contributed by atoms with E-state index in [9.17, 15) is 13.2 Å². The highest BCUT2D eigenvalue weighted by molar-refractivity contribution is 7.89. The van der Waals surface area contributed by atoms with E-state index in [0.29, 0.717) is 31.9 Å². The third-order valence-corrected chi connectivity index (χ3v) is 6.82. The summed E-state index contributed by atoms with van der Waals surface area (Å²) in [4.78, 5) is 14.4. The predicted molar refractivity (Wildman–Crippen MR) is 101 cm³/mol. The van der Waals surface area contributed by atoms with Crippen molar-refractivity contribution in [1.29, 1.82) is 0 Å². The summed E-state index contributed by atoms with van der Waals surface area (Å²) in [7, 11) is -1.91. The monoisotopic (exact) mass is 403 g/mol.